The number of rotatable bonds is 3. The Hall–Kier alpha value is -2.75. The first-order valence-corrected chi connectivity index (χ1v) is 5.66. The number of amides is 1. The number of anilines is 2. The van der Waals surface area contributed by atoms with Crippen molar-refractivity contribution in [3.8, 4) is 11.5 Å². The highest BCUT2D eigenvalue weighted by molar-refractivity contribution is 6.06. The fraction of sp³-hybridized carbons (Fsp3) is 0. The van der Waals surface area contributed by atoms with E-state index in [1.807, 2.05) is 0 Å². The van der Waals surface area contributed by atoms with Gasteiger partial charge in [-0.1, -0.05) is 6.58 Å². The summed E-state index contributed by atoms with van der Waals surface area (Å²) in [6.45, 7) is 3.48. The number of benzene rings is 2. The predicted octanol–water partition coefficient (Wildman–Crippen LogP) is 2.95. The smallest absolute Gasteiger partial charge is 0.254 e. The van der Waals surface area contributed by atoms with Crippen LogP contribution in [-0.2, 0) is 4.79 Å². The Morgan fingerprint density at radius 2 is 1.26 bits per heavy atom. The van der Waals surface area contributed by atoms with E-state index in [-0.39, 0.29) is 17.4 Å². The van der Waals surface area contributed by atoms with Gasteiger partial charge >= 0.3 is 0 Å². The lowest BCUT2D eigenvalue weighted by atomic mass is 10.2. The topological polar surface area (TPSA) is 60.8 Å². The van der Waals surface area contributed by atoms with Crippen LogP contribution in [0.2, 0.25) is 0 Å². The van der Waals surface area contributed by atoms with Crippen LogP contribution in [-0.4, -0.2) is 16.1 Å². The quantitative estimate of drug-likeness (QED) is 0.829. The van der Waals surface area contributed by atoms with E-state index >= 15 is 0 Å². The fourth-order valence-electron chi connectivity index (χ4n) is 1.70. The summed E-state index contributed by atoms with van der Waals surface area (Å²) in [5, 5.41) is 18.6. The Morgan fingerprint density at radius 3 is 1.58 bits per heavy atom. The van der Waals surface area contributed by atoms with Crippen molar-refractivity contribution in [3.63, 3.8) is 0 Å². The summed E-state index contributed by atoms with van der Waals surface area (Å²) in [4.78, 5) is 13.4. The van der Waals surface area contributed by atoms with E-state index in [1.165, 1.54) is 35.2 Å². The fourth-order valence-corrected chi connectivity index (χ4v) is 1.70. The van der Waals surface area contributed by atoms with Gasteiger partial charge in [-0.05, 0) is 54.6 Å². The predicted molar refractivity (Wildman–Crippen MR) is 73.6 cm³/mol. The van der Waals surface area contributed by atoms with Crippen molar-refractivity contribution >= 4 is 17.3 Å². The third-order valence-electron chi connectivity index (χ3n) is 2.61. The number of hydrogen-bond acceptors (Lipinski definition) is 3. The monoisotopic (exact) mass is 255 g/mol. The van der Waals surface area contributed by atoms with Crippen molar-refractivity contribution in [3.05, 3.63) is 61.2 Å². The van der Waals surface area contributed by atoms with Gasteiger partial charge in [0.15, 0.2) is 0 Å². The van der Waals surface area contributed by atoms with E-state index in [9.17, 15) is 15.0 Å². The summed E-state index contributed by atoms with van der Waals surface area (Å²) in [6.07, 6.45) is 1.21. The highest BCUT2D eigenvalue weighted by Gasteiger charge is 2.15. The van der Waals surface area contributed by atoms with E-state index in [0.29, 0.717) is 11.4 Å². The van der Waals surface area contributed by atoms with Gasteiger partial charge in [0.05, 0.1) is 0 Å². The van der Waals surface area contributed by atoms with Gasteiger partial charge in [-0.25, -0.2) is 0 Å². The molecule has 0 spiro atoms. The average Bonchev–Trinajstić information content (AvgIpc) is 2.43. The second-order valence-electron chi connectivity index (χ2n) is 3.91. The average molecular weight is 255 g/mol. The van der Waals surface area contributed by atoms with Crippen LogP contribution in [0, 0.1) is 0 Å². The molecule has 0 saturated carbocycles. The SMILES string of the molecule is C=CC(=O)N(c1ccc(O)cc1)c1ccc(O)cc1. The molecule has 0 saturated heterocycles. The second-order valence-corrected chi connectivity index (χ2v) is 3.91. The maximum absolute atomic E-state index is 12.0. The molecule has 0 aliphatic carbocycles. The molecule has 0 aromatic heterocycles. The molecule has 0 unspecified atom stereocenters. The van der Waals surface area contributed by atoms with Gasteiger partial charge in [-0.15, -0.1) is 0 Å². The Kier molecular flexibility index (Phi) is 3.52. The minimum absolute atomic E-state index is 0.125. The molecule has 1 amide bonds. The zero-order valence-electron chi connectivity index (χ0n) is 10.2. The number of aromatic hydroxyl groups is 2. The molecule has 2 rings (SSSR count). The number of carbonyl (C=O) groups excluding carboxylic acids is 1. The van der Waals surface area contributed by atoms with E-state index in [2.05, 4.69) is 6.58 Å². The van der Waals surface area contributed by atoms with Crippen molar-refractivity contribution in [1.82, 2.24) is 0 Å². The molecular formula is C15H13NO3. The lowest BCUT2D eigenvalue weighted by Gasteiger charge is -2.21. The molecule has 2 aromatic rings. The molecule has 2 N–H and O–H groups in total. The van der Waals surface area contributed by atoms with Gasteiger partial charge in [0, 0.05) is 11.4 Å². The minimum Gasteiger partial charge on any atom is -0.508 e. The third kappa shape index (κ3) is 2.74. The Morgan fingerprint density at radius 1 is 0.895 bits per heavy atom. The van der Waals surface area contributed by atoms with Crippen LogP contribution < -0.4 is 4.90 Å². The molecule has 0 heterocycles. The summed E-state index contributed by atoms with van der Waals surface area (Å²) in [6, 6.07) is 12.5. The zero-order valence-corrected chi connectivity index (χ0v) is 10.2. The van der Waals surface area contributed by atoms with E-state index in [0.717, 1.165) is 0 Å². The second kappa shape index (κ2) is 5.27. The Bertz CT molecular complexity index is 542. The molecule has 96 valence electrons. The normalized spacial score (nSPS) is 9.89. The summed E-state index contributed by atoms with van der Waals surface area (Å²) >= 11 is 0. The molecule has 4 nitrogen and oxygen atoms in total. The maximum Gasteiger partial charge on any atom is 0.254 e. The van der Waals surface area contributed by atoms with Gasteiger partial charge in [-0.2, -0.15) is 0 Å². The molecule has 0 fully saturated rings. The van der Waals surface area contributed by atoms with E-state index < -0.39 is 0 Å². The van der Waals surface area contributed by atoms with Crippen molar-refractivity contribution in [2.24, 2.45) is 0 Å². The maximum atomic E-state index is 12.0. The van der Waals surface area contributed by atoms with Gasteiger partial charge in [-0.3, -0.25) is 9.69 Å². The molecule has 0 aliphatic heterocycles. The lowest BCUT2D eigenvalue weighted by molar-refractivity contribution is -0.113. The first-order chi connectivity index (χ1) is 9.11. The number of hydrogen-bond donors (Lipinski definition) is 2. The van der Waals surface area contributed by atoms with Gasteiger partial charge in [0.1, 0.15) is 11.5 Å². The lowest BCUT2D eigenvalue weighted by Crippen LogP contribution is -2.23. The number of phenols is 2. The van der Waals surface area contributed by atoms with Crippen molar-refractivity contribution < 1.29 is 15.0 Å². The van der Waals surface area contributed by atoms with E-state index in [4.69, 9.17) is 0 Å². The van der Waals surface area contributed by atoms with E-state index in [1.54, 1.807) is 24.3 Å². The Labute approximate surface area is 110 Å². The van der Waals surface area contributed by atoms with Crippen LogP contribution in [0.5, 0.6) is 11.5 Å². The molecule has 4 heteroatoms. The van der Waals surface area contributed by atoms with Crippen LogP contribution in [0.15, 0.2) is 61.2 Å². The molecule has 0 bridgehead atoms. The van der Waals surface area contributed by atoms with Crippen LogP contribution in [0.1, 0.15) is 0 Å². The highest BCUT2D eigenvalue weighted by atomic mass is 16.3. The Balaban J connectivity index is 2.47. The van der Waals surface area contributed by atoms with Gasteiger partial charge in [0.25, 0.3) is 5.91 Å². The molecule has 19 heavy (non-hydrogen) atoms. The summed E-state index contributed by atoms with van der Waals surface area (Å²) < 4.78 is 0. The molecule has 0 atom stereocenters. The van der Waals surface area contributed by atoms with Crippen molar-refractivity contribution in [2.45, 2.75) is 0 Å². The standard InChI is InChI=1S/C15H13NO3/c1-2-15(19)16(11-3-7-13(17)8-4-11)12-5-9-14(18)10-6-12/h2-10,17-18H,1H2. The summed E-state index contributed by atoms with van der Waals surface area (Å²) in [7, 11) is 0. The highest BCUT2D eigenvalue weighted by Crippen LogP contribution is 2.28. The molecule has 2 aromatic carbocycles. The largest absolute Gasteiger partial charge is 0.508 e. The van der Waals surface area contributed by atoms with Crippen LogP contribution in [0.25, 0.3) is 0 Å². The number of nitrogens with zero attached hydrogens (tertiary/aromatic N) is 1. The summed E-state index contributed by atoms with van der Waals surface area (Å²) in [5.74, 6) is -0.0442. The molecular weight excluding hydrogens is 242 g/mol. The molecule has 0 aliphatic rings. The molecule has 0 radical (unpaired) electrons. The minimum atomic E-state index is -0.295. The van der Waals surface area contributed by atoms with Gasteiger partial charge < -0.3 is 10.2 Å². The van der Waals surface area contributed by atoms with Crippen molar-refractivity contribution in [1.29, 1.82) is 0 Å². The van der Waals surface area contributed by atoms with Crippen LogP contribution >= 0.6 is 0 Å². The zero-order chi connectivity index (χ0) is 13.8. The van der Waals surface area contributed by atoms with Crippen LogP contribution in [0.4, 0.5) is 11.4 Å². The van der Waals surface area contributed by atoms with Crippen LogP contribution in [0.3, 0.4) is 0 Å². The first kappa shape index (κ1) is 12.7. The summed E-state index contributed by atoms with van der Waals surface area (Å²) in [5.41, 5.74) is 1.21. The number of carbonyl (C=O) groups is 1. The van der Waals surface area contributed by atoms with Crippen molar-refractivity contribution in [2.75, 3.05) is 4.90 Å². The number of phenolic OH excluding ortho intramolecular Hbond substituents is 2. The first-order valence-electron chi connectivity index (χ1n) is 5.66. The van der Waals surface area contributed by atoms with Gasteiger partial charge in [0.2, 0.25) is 0 Å². The third-order valence-corrected chi connectivity index (χ3v) is 2.61.